The van der Waals surface area contributed by atoms with Gasteiger partial charge in [0.2, 0.25) is 5.91 Å². The number of nitrogens with one attached hydrogen (secondary N) is 1. The molecule has 0 bridgehead atoms. The lowest BCUT2D eigenvalue weighted by atomic mass is 10.1. The maximum Gasteiger partial charge on any atom is 0.248 e. The van der Waals surface area contributed by atoms with Crippen LogP contribution in [0.15, 0.2) is 54.7 Å². The molecule has 1 amide bonds. The lowest BCUT2D eigenvalue weighted by Crippen LogP contribution is -2.09. The predicted molar refractivity (Wildman–Crippen MR) is 106 cm³/mol. The summed E-state index contributed by atoms with van der Waals surface area (Å²) in [6.45, 7) is 4.66. The van der Waals surface area contributed by atoms with Crippen LogP contribution in [0.1, 0.15) is 23.1 Å². The molecule has 0 unspecified atom stereocenters. The standard InChI is InChI=1S/C22H21N3O/c1-16-7-5-9-20(17(16)2)24-22(26)12-11-18-15-25(14-6-13-23)21-10-4-3-8-19(18)21/h3-5,7-12,15H,6,14H2,1-2H3,(H,24,26)/b12-11+. The zero-order valence-corrected chi connectivity index (χ0v) is 15.0. The molecule has 0 radical (unpaired) electrons. The van der Waals surface area contributed by atoms with E-state index in [0.29, 0.717) is 13.0 Å². The minimum atomic E-state index is -0.160. The van der Waals surface area contributed by atoms with Crippen LogP contribution >= 0.6 is 0 Å². The molecule has 0 saturated carbocycles. The van der Waals surface area contributed by atoms with E-state index in [1.807, 2.05) is 68.6 Å². The van der Waals surface area contributed by atoms with Crippen molar-refractivity contribution in [2.45, 2.75) is 26.8 Å². The number of amides is 1. The normalized spacial score (nSPS) is 11.0. The molecule has 0 fully saturated rings. The van der Waals surface area contributed by atoms with E-state index < -0.39 is 0 Å². The Bertz CT molecular complexity index is 1020. The Balaban J connectivity index is 1.83. The Morgan fingerprint density at radius 2 is 2.00 bits per heavy atom. The number of aryl methyl sites for hydroxylation is 2. The fraction of sp³-hybridized carbons (Fsp3) is 0.182. The molecular weight excluding hydrogens is 322 g/mol. The van der Waals surface area contributed by atoms with Crippen molar-refractivity contribution >= 4 is 28.6 Å². The minimum Gasteiger partial charge on any atom is -0.346 e. The molecule has 0 aliphatic heterocycles. The Morgan fingerprint density at radius 3 is 2.81 bits per heavy atom. The molecule has 1 heterocycles. The van der Waals surface area contributed by atoms with Gasteiger partial charge in [0.25, 0.3) is 0 Å². The summed E-state index contributed by atoms with van der Waals surface area (Å²) in [7, 11) is 0. The van der Waals surface area contributed by atoms with Crippen LogP contribution in [0, 0.1) is 25.2 Å². The highest BCUT2D eigenvalue weighted by Gasteiger charge is 2.07. The second-order valence-electron chi connectivity index (χ2n) is 6.27. The maximum absolute atomic E-state index is 12.3. The first kappa shape index (κ1) is 17.5. The van der Waals surface area contributed by atoms with Crippen LogP contribution in [0.5, 0.6) is 0 Å². The van der Waals surface area contributed by atoms with E-state index in [9.17, 15) is 4.79 Å². The first-order chi connectivity index (χ1) is 12.6. The topological polar surface area (TPSA) is 57.8 Å². The second kappa shape index (κ2) is 7.71. The van der Waals surface area contributed by atoms with Crippen LogP contribution < -0.4 is 5.32 Å². The number of rotatable bonds is 5. The van der Waals surface area contributed by atoms with Crippen LogP contribution in [0.25, 0.3) is 17.0 Å². The zero-order valence-electron chi connectivity index (χ0n) is 15.0. The van der Waals surface area contributed by atoms with Gasteiger partial charge in [0.1, 0.15) is 0 Å². The third kappa shape index (κ3) is 3.68. The molecule has 0 aliphatic carbocycles. The summed E-state index contributed by atoms with van der Waals surface area (Å²) in [5, 5.41) is 12.8. The molecule has 0 atom stereocenters. The number of hydrogen-bond acceptors (Lipinski definition) is 2. The largest absolute Gasteiger partial charge is 0.346 e. The van der Waals surface area contributed by atoms with E-state index in [4.69, 9.17) is 5.26 Å². The average Bonchev–Trinajstić information content (AvgIpc) is 3.00. The fourth-order valence-corrected chi connectivity index (χ4v) is 2.99. The van der Waals surface area contributed by atoms with Crippen molar-refractivity contribution < 1.29 is 4.79 Å². The molecule has 4 heteroatoms. The Morgan fingerprint density at radius 1 is 1.19 bits per heavy atom. The monoisotopic (exact) mass is 343 g/mol. The van der Waals surface area contributed by atoms with E-state index in [2.05, 4.69) is 16.0 Å². The summed E-state index contributed by atoms with van der Waals surface area (Å²) in [6.07, 6.45) is 5.82. The van der Waals surface area contributed by atoms with E-state index in [1.165, 1.54) is 0 Å². The smallest absolute Gasteiger partial charge is 0.248 e. The highest BCUT2D eigenvalue weighted by Crippen LogP contribution is 2.23. The van der Waals surface area contributed by atoms with Gasteiger partial charge in [-0.3, -0.25) is 4.79 Å². The number of carbonyl (C=O) groups is 1. The third-order valence-corrected chi connectivity index (χ3v) is 4.56. The average molecular weight is 343 g/mol. The molecule has 1 N–H and O–H groups in total. The number of nitriles is 1. The van der Waals surface area contributed by atoms with Crippen LogP contribution in [0.4, 0.5) is 5.69 Å². The van der Waals surface area contributed by atoms with E-state index in [1.54, 1.807) is 6.08 Å². The molecular formula is C22H21N3O. The lowest BCUT2D eigenvalue weighted by molar-refractivity contribution is -0.111. The molecule has 3 rings (SSSR count). The first-order valence-corrected chi connectivity index (χ1v) is 8.60. The fourth-order valence-electron chi connectivity index (χ4n) is 2.99. The summed E-state index contributed by atoms with van der Waals surface area (Å²) in [6, 6.07) is 16.0. The maximum atomic E-state index is 12.3. The number of aromatic nitrogens is 1. The van der Waals surface area contributed by atoms with Gasteiger partial charge in [-0.25, -0.2) is 0 Å². The lowest BCUT2D eigenvalue weighted by Gasteiger charge is -2.08. The van der Waals surface area contributed by atoms with Crippen molar-refractivity contribution in [3.8, 4) is 6.07 Å². The highest BCUT2D eigenvalue weighted by molar-refractivity contribution is 6.04. The van der Waals surface area contributed by atoms with Crippen LogP contribution in [-0.2, 0) is 11.3 Å². The Hall–Kier alpha value is -3.32. The van der Waals surface area contributed by atoms with Crippen molar-refractivity contribution in [1.29, 1.82) is 5.26 Å². The Labute approximate surface area is 153 Å². The van der Waals surface area contributed by atoms with E-state index in [0.717, 1.165) is 33.3 Å². The molecule has 0 saturated heterocycles. The summed E-state index contributed by atoms with van der Waals surface area (Å²) in [5.41, 5.74) is 5.08. The van der Waals surface area contributed by atoms with Crippen molar-refractivity contribution in [2.75, 3.05) is 5.32 Å². The summed E-state index contributed by atoms with van der Waals surface area (Å²) < 4.78 is 2.06. The van der Waals surface area contributed by atoms with Crippen LogP contribution in [0.2, 0.25) is 0 Å². The number of hydrogen-bond donors (Lipinski definition) is 1. The van der Waals surface area contributed by atoms with Gasteiger partial charge in [-0.2, -0.15) is 5.26 Å². The molecule has 0 aliphatic rings. The van der Waals surface area contributed by atoms with Crippen molar-refractivity contribution in [1.82, 2.24) is 4.57 Å². The summed E-state index contributed by atoms with van der Waals surface area (Å²) in [4.78, 5) is 12.3. The number of fused-ring (bicyclic) bond motifs is 1. The van der Waals surface area contributed by atoms with Gasteiger partial charge in [-0.1, -0.05) is 30.3 Å². The quantitative estimate of drug-likeness (QED) is 0.675. The number of nitrogens with zero attached hydrogens (tertiary/aromatic N) is 2. The van der Waals surface area contributed by atoms with Gasteiger partial charge in [0.05, 0.1) is 12.5 Å². The van der Waals surface area contributed by atoms with Gasteiger partial charge in [0.15, 0.2) is 0 Å². The SMILES string of the molecule is Cc1cccc(NC(=O)/C=C/c2cn(CCC#N)c3ccccc23)c1C. The molecule has 0 spiro atoms. The summed E-state index contributed by atoms with van der Waals surface area (Å²) >= 11 is 0. The number of anilines is 1. The number of para-hydroxylation sites is 1. The third-order valence-electron chi connectivity index (χ3n) is 4.56. The highest BCUT2D eigenvalue weighted by atomic mass is 16.1. The van der Waals surface area contributed by atoms with Crippen LogP contribution in [0.3, 0.4) is 0 Å². The molecule has 4 nitrogen and oxygen atoms in total. The molecule has 1 aromatic heterocycles. The summed E-state index contributed by atoms with van der Waals surface area (Å²) in [5.74, 6) is -0.160. The van der Waals surface area contributed by atoms with Gasteiger partial charge < -0.3 is 9.88 Å². The van der Waals surface area contributed by atoms with Gasteiger partial charge in [0, 0.05) is 41.0 Å². The second-order valence-corrected chi connectivity index (χ2v) is 6.27. The minimum absolute atomic E-state index is 0.160. The van der Waals surface area contributed by atoms with Crippen molar-refractivity contribution in [3.63, 3.8) is 0 Å². The van der Waals surface area contributed by atoms with E-state index >= 15 is 0 Å². The molecule has 2 aromatic carbocycles. The molecule has 130 valence electrons. The molecule has 3 aromatic rings. The van der Waals surface area contributed by atoms with Crippen molar-refractivity contribution in [3.05, 3.63) is 71.4 Å². The van der Waals surface area contributed by atoms with Gasteiger partial charge >= 0.3 is 0 Å². The van der Waals surface area contributed by atoms with E-state index in [-0.39, 0.29) is 5.91 Å². The zero-order chi connectivity index (χ0) is 18.5. The Kier molecular flexibility index (Phi) is 5.19. The van der Waals surface area contributed by atoms with Gasteiger partial charge in [-0.05, 0) is 43.2 Å². The molecule has 26 heavy (non-hydrogen) atoms. The number of carbonyl (C=O) groups excluding carboxylic acids is 1. The first-order valence-electron chi connectivity index (χ1n) is 8.60. The predicted octanol–water partition coefficient (Wildman–Crippen LogP) is 4.82. The number of benzene rings is 2. The van der Waals surface area contributed by atoms with Gasteiger partial charge in [-0.15, -0.1) is 0 Å². The van der Waals surface area contributed by atoms with Crippen LogP contribution in [-0.4, -0.2) is 10.5 Å². The van der Waals surface area contributed by atoms with Crippen molar-refractivity contribution in [2.24, 2.45) is 0 Å².